The van der Waals surface area contributed by atoms with Crippen molar-refractivity contribution >= 4 is 16.9 Å². The summed E-state index contributed by atoms with van der Waals surface area (Å²) in [5, 5.41) is 8.04. The second-order valence-corrected chi connectivity index (χ2v) is 5.81. The Hall–Kier alpha value is -2.37. The van der Waals surface area contributed by atoms with Gasteiger partial charge in [0.2, 0.25) is 5.89 Å². The summed E-state index contributed by atoms with van der Waals surface area (Å²) in [5.41, 5.74) is 8.27. The first kappa shape index (κ1) is 12.7. The van der Waals surface area contributed by atoms with Gasteiger partial charge in [-0.3, -0.25) is 0 Å². The van der Waals surface area contributed by atoms with Crippen LogP contribution in [0.3, 0.4) is 0 Å². The molecule has 0 fully saturated rings. The normalized spacial score (nSPS) is 12.2. The monoisotopic (exact) mass is 271 g/mol. The zero-order chi connectivity index (χ0) is 14.3. The van der Waals surface area contributed by atoms with Gasteiger partial charge in [0.15, 0.2) is 11.4 Å². The van der Waals surface area contributed by atoms with E-state index in [2.05, 4.69) is 36.1 Å². The molecule has 2 heterocycles. The molecule has 0 saturated heterocycles. The van der Waals surface area contributed by atoms with Crippen molar-refractivity contribution in [1.82, 2.24) is 20.0 Å². The number of rotatable bonds is 2. The van der Waals surface area contributed by atoms with Gasteiger partial charge in [-0.05, 0) is 12.1 Å². The largest absolute Gasteiger partial charge is 0.439 e. The Morgan fingerprint density at radius 2 is 2.00 bits per heavy atom. The Labute approximate surface area is 116 Å². The van der Waals surface area contributed by atoms with Crippen molar-refractivity contribution in [2.45, 2.75) is 32.7 Å². The highest BCUT2D eigenvalue weighted by molar-refractivity contribution is 5.72. The van der Waals surface area contributed by atoms with E-state index in [1.54, 1.807) is 4.68 Å². The fourth-order valence-corrected chi connectivity index (χ4v) is 2.32. The van der Waals surface area contributed by atoms with Crippen LogP contribution in [0.25, 0.3) is 11.1 Å². The predicted octanol–water partition coefficient (Wildman–Crippen LogP) is 2.35. The fourth-order valence-electron chi connectivity index (χ4n) is 2.32. The lowest BCUT2D eigenvalue weighted by Gasteiger charge is -2.19. The van der Waals surface area contributed by atoms with Gasteiger partial charge in [-0.2, -0.15) is 0 Å². The van der Waals surface area contributed by atoms with E-state index in [-0.39, 0.29) is 5.41 Å². The van der Waals surface area contributed by atoms with Crippen molar-refractivity contribution < 1.29 is 4.42 Å². The molecule has 0 amide bonds. The molecule has 0 aliphatic heterocycles. The first-order valence-corrected chi connectivity index (χ1v) is 6.49. The second-order valence-electron chi connectivity index (χ2n) is 5.81. The number of hydrogen-bond donors (Lipinski definition) is 1. The molecule has 3 aromatic rings. The molecule has 0 bridgehead atoms. The van der Waals surface area contributed by atoms with Gasteiger partial charge in [0.05, 0.1) is 5.69 Å². The van der Waals surface area contributed by atoms with Gasteiger partial charge < -0.3 is 10.2 Å². The molecule has 0 atom stereocenters. The molecule has 2 aromatic heterocycles. The number of nitrogens with zero attached hydrogens (tertiary/aromatic N) is 4. The van der Waals surface area contributed by atoms with E-state index in [4.69, 9.17) is 10.2 Å². The Bertz CT molecular complexity index is 717. The number of fused-ring (bicyclic) bond motifs is 1. The summed E-state index contributed by atoms with van der Waals surface area (Å²) >= 11 is 0. The van der Waals surface area contributed by atoms with Crippen molar-refractivity contribution in [3.63, 3.8) is 0 Å². The number of anilines is 1. The molecule has 0 aliphatic rings. The first-order chi connectivity index (χ1) is 9.45. The van der Waals surface area contributed by atoms with Gasteiger partial charge in [0.25, 0.3) is 0 Å². The molecular weight excluding hydrogens is 254 g/mol. The second kappa shape index (κ2) is 4.33. The van der Waals surface area contributed by atoms with Crippen molar-refractivity contribution in [1.29, 1.82) is 0 Å². The summed E-state index contributed by atoms with van der Waals surface area (Å²) in [7, 11) is 0. The lowest BCUT2D eigenvalue weighted by Crippen LogP contribution is -2.20. The van der Waals surface area contributed by atoms with Crippen LogP contribution in [-0.4, -0.2) is 20.0 Å². The number of hydrogen-bond acceptors (Lipinski definition) is 5. The topological polar surface area (TPSA) is 82.8 Å². The third kappa shape index (κ3) is 2.13. The molecule has 104 valence electrons. The molecule has 3 rings (SSSR count). The maximum atomic E-state index is 5.91. The zero-order valence-electron chi connectivity index (χ0n) is 11.8. The molecule has 0 radical (unpaired) electrons. The highest BCUT2D eigenvalue weighted by atomic mass is 16.3. The Balaban J connectivity index is 1.99. The van der Waals surface area contributed by atoms with Gasteiger partial charge in [-0.15, -0.1) is 5.10 Å². The van der Waals surface area contributed by atoms with Crippen LogP contribution in [0.5, 0.6) is 0 Å². The van der Waals surface area contributed by atoms with Crippen LogP contribution >= 0.6 is 0 Å². The lowest BCUT2D eigenvalue weighted by atomic mass is 9.92. The number of nitrogens with two attached hydrogens (primary N) is 1. The summed E-state index contributed by atoms with van der Waals surface area (Å²) in [6.07, 6.45) is 0. The molecule has 0 saturated carbocycles. The number of aromatic nitrogens is 4. The van der Waals surface area contributed by atoms with Crippen LogP contribution in [0.15, 0.2) is 28.7 Å². The van der Waals surface area contributed by atoms with Crippen molar-refractivity contribution in [2.24, 2.45) is 0 Å². The van der Waals surface area contributed by atoms with E-state index in [9.17, 15) is 0 Å². The lowest BCUT2D eigenvalue weighted by molar-refractivity contribution is 0.449. The van der Waals surface area contributed by atoms with Crippen molar-refractivity contribution in [2.75, 3.05) is 5.73 Å². The third-order valence-electron chi connectivity index (χ3n) is 3.09. The highest BCUT2D eigenvalue weighted by Crippen LogP contribution is 2.26. The maximum absolute atomic E-state index is 5.91. The number of benzene rings is 1. The number of nitrogen functional groups attached to an aromatic ring is 1. The molecular formula is C14H17N5O. The third-order valence-corrected chi connectivity index (χ3v) is 3.09. The van der Waals surface area contributed by atoms with Gasteiger partial charge in [-0.1, -0.05) is 38.1 Å². The number of oxazole rings is 1. The molecule has 0 aliphatic carbocycles. The predicted molar refractivity (Wildman–Crippen MR) is 76.2 cm³/mol. The highest BCUT2D eigenvalue weighted by Gasteiger charge is 2.24. The standard InChI is InChI=1S/C14H17N5O/c1-14(2,3)12-13(15)17-18-19(12)8-11-16-9-6-4-5-7-10(9)20-11/h4-7H,8,15H2,1-3H3. The Morgan fingerprint density at radius 3 is 2.70 bits per heavy atom. The summed E-state index contributed by atoms with van der Waals surface area (Å²) in [4.78, 5) is 4.44. The Morgan fingerprint density at radius 1 is 1.25 bits per heavy atom. The molecule has 6 heteroatoms. The molecule has 0 spiro atoms. The summed E-state index contributed by atoms with van der Waals surface area (Å²) in [6, 6.07) is 7.67. The molecule has 1 aromatic carbocycles. The van der Waals surface area contributed by atoms with Crippen LogP contribution < -0.4 is 5.73 Å². The average molecular weight is 271 g/mol. The van der Waals surface area contributed by atoms with E-state index in [1.807, 2.05) is 24.3 Å². The average Bonchev–Trinajstić information content (AvgIpc) is 2.91. The molecule has 6 nitrogen and oxygen atoms in total. The van der Waals surface area contributed by atoms with Crippen LogP contribution in [0.2, 0.25) is 0 Å². The van der Waals surface area contributed by atoms with Crippen LogP contribution in [0.1, 0.15) is 32.4 Å². The van der Waals surface area contributed by atoms with E-state index in [1.165, 1.54) is 0 Å². The molecule has 2 N–H and O–H groups in total. The first-order valence-electron chi connectivity index (χ1n) is 6.49. The van der Waals surface area contributed by atoms with E-state index < -0.39 is 0 Å². The summed E-state index contributed by atoms with van der Waals surface area (Å²) in [6.45, 7) is 6.64. The molecule has 20 heavy (non-hydrogen) atoms. The minimum atomic E-state index is -0.139. The number of para-hydroxylation sites is 2. The maximum Gasteiger partial charge on any atom is 0.217 e. The quantitative estimate of drug-likeness (QED) is 0.773. The van der Waals surface area contributed by atoms with E-state index in [0.29, 0.717) is 18.3 Å². The zero-order valence-corrected chi connectivity index (χ0v) is 11.8. The van der Waals surface area contributed by atoms with Crippen molar-refractivity contribution in [3.8, 4) is 0 Å². The van der Waals surface area contributed by atoms with Crippen LogP contribution in [0.4, 0.5) is 5.82 Å². The van der Waals surface area contributed by atoms with Gasteiger partial charge >= 0.3 is 0 Å². The Kier molecular flexibility index (Phi) is 2.74. The van der Waals surface area contributed by atoms with E-state index in [0.717, 1.165) is 16.8 Å². The minimum Gasteiger partial charge on any atom is -0.439 e. The van der Waals surface area contributed by atoms with Gasteiger partial charge in [-0.25, -0.2) is 9.67 Å². The fraction of sp³-hybridized carbons (Fsp3) is 0.357. The van der Waals surface area contributed by atoms with Gasteiger partial charge in [0.1, 0.15) is 12.1 Å². The van der Waals surface area contributed by atoms with Gasteiger partial charge in [0, 0.05) is 5.41 Å². The summed E-state index contributed by atoms with van der Waals surface area (Å²) < 4.78 is 7.46. The van der Waals surface area contributed by atoms with Crippen LogP contribution in [-0.2, 0) is 12.0 Å². The minimum absolute atomic E-state index is 0.139. The summed E-state index contributed by atoms with van der Waals surface area (Å²) in [5.74, 6) is 1.05. The van der Waals surface area contributed by atoms with E-state index >= 15 is 0 Å². The van der Waals surface area contributed by atoms with Crippen LogP contribution in [0, 0.1) is 0 Å². The molecule has 0 unspecified atom stereocenters. The smallest absolute Gasteiger partial charge is 0.217 e. The van der Waals surface area contributed by atoms with Crippen molar-refractivity contribution in [3.05, 3.63) is 35.9 Å². The SMILES string of the molecule is CC(C)(C)c1c(N)nnn1Cc1nc2ccccc2o1.